The van der Waals surface area contributed by atoms with E-state index in [1.165, 1.54) is 22.3 Å². The average molecular weight is 376 g/mol. The Balaban J connectivity index is 1.63. The number of benzene rings is 3. The van der Waals surface area contributed by atoms with Gasteiger partial charge in [-0.25, -0.2) is 0 Å². The average Bonchev–Trinajstić information content (AvgIpc) is 2.70. The van der Waals surface area contributed by atoms with Gasteiger partial charge in [0, 0.05) is 19.6 Å². The zero-order chi connectivity index (χ0) is 19.8. The molecule has 0 aliphatic carbocycles. The van der Waals surface area contributed by atoms with Crippen molar-refractivity contribution in [1.29, 1.82) is 0 Å². The van der Waals surface area contributed by atoms with Gasteiger partial charge in [0.25, 0.3) is 0 Å². The van der Waals surface area contributed by atoms with E-state index in [4.69, 9.17) is 4.74 Å². The van der Waals surface area contributed by atoms with Crippen LogP contribution in [0.15, 0.2) is 78.9 Å². The molecule has 3 nitrogen and oxygen atoms in total. The topological polar surface area (TPSA) is 32.7 Å². The van der Waals surface area contributed by atoms with Crippen LogP contribution in [0.5, 0.6) is 5.75 Å². The van der Waals surface area contributed by atoms with Gasteiger partial charge >= 0.3 is 0 Å². The Hall–Kier alpha value is -2.62. The lowest BCUT2D eigenvalue weighted by molar-refractivity contribution is 0.0628. The second kappa shape index (κ2) is 10.1. The zero-order valence-electron chi connectivity index (χ0n) is 16.7. The van der Waals surface area contributed by atoms with E-state index in [1.54, 1.807) is 0 Å². The number of aliphatic hydroxyl groups excluding tert-OH is 1. The summed E-state index contributed by atoms with van der Waals surface area (Å²) in [6.45, 7) is 6.59. The fraction of sp³-hybridized carbons (Fsp3) is 0.280. The first-order chi connectivity index (χ1) is 13.6. The fourth-order valence-corrected chi connectivity index (χ4v) is 3.23. The number of hydrogen-bond donors (Lipinski definition) is 1. The fourth-order valence-electron chi connectivity index (χ4n) is 3.23. The number of hydrogen-bond acceptors (Lipinski definition) is 3. The molecule has 0 saturated heterocycles. The minimum atomic E-state index is -0.561. The maximum atomic E-state index is 10.6. The van der Waals surface area contributed by atoms with Crippen LogP contribution in [0.1, 0.15) is 22.3 Å². The van der Waals surface area contributed by atoms with Crippen LogP contribution >= 0.6 is 0 Å². The molecule has 0 aromatic heterocycles. The van der Waals surface area contributed by atoms with E-state index in [2.05, 4.69) is 60.4 Å². The first-order valence-electron chi connectivity index (χ1n) is 9.78. The van der Waals surface area contributed by atoms with Gasteiger partial charge in [-0.3, -0.25) is 4.90 Å². The monoisotopic (exact) mass is 375 g/mol. The summed E-state index contributed by atoms with van der Waals surface area (Å²) in [5, 5.41) is 10.6. The molecule has 1 N–H and O–H groups in total. The minimum absolute atomic E-state index is 0.280. The summed E-state index contributed by atoms with van der Waals surface area (Å²) in [4.78, 5) is 2.28. The van der Waals surface area contributed by atoms with Crippen molar-refractivity contribution in [2.45, 2.75) is 33.0 Å². The number of aliphatic hydroxyl groups is 1. The van der Waals surface area contributed by atoms with Crippen LogP contribution in [-0.2, 0) is 13.1 Å². The molecule has 0 aliphatic rings. The summed E-state index contributed by atoms with van der Waals surface area (Å²) in [6, 6.07) is 26.7. The summed E-state index contributed by atoms with van der Waals surface area (Å²) in [5.41, 5.74) is 4.99. The summed E-state index contributed by atoms with van der Waals surface area (Å²) < 4.78 is 5.77. The molecule has 0 aliphatic heterocycles. The molecule has 3 rings (SSSR count). The third-order valence-electron chi connectivity index (χ3n) is 4.84. The lowest BCUT2D eigenvalue weighted by atomic mass is 10.1. The molecule has 28 heavy (non-hydrogen) atoms. The van der Waals surface area contributed by atoms with Crippen molar-refractivity contribution in [3.8, 4) is 5.75 Å². The molecule has 0 spiro atoms. The highest BCUT2D eigenvalue weighted by Gasteiger charge is 2.15. The Bertz CT molecular complexity index is 846. The molecule has 146 valence electrons. The van der Waals surface area contributed by atoms with E-state index in [0.29, 0.717) is 6.54 Å². The summed E-state index contributed by atoms with van der Waals surface area (Å²) in [5.74, 6) is 0.790. The van der Waals surface area contributed by atoms with Gasteiger partial charge in [-0.1, -0.05) is 72.3 Å². The van der Waals surface area contributed by atoms with E-state index < -0.39 is 6.10 Å². The van der Waals surface area contributed by atoms with Crippen molar-refractivity contribution in [2.75, 3.05) is 13.2 Å². The zero-order valence-corrected chi connectivity index (χ0v) is 16.7. The SMILES string of the molecule is Cc1ccc(OCC(O)CN(Cc2ccccc2)Cc2ccccc2C)cc1. The van der Waals surface area contributed by atoms with Crippen LogP contribution in [0.4, 0.5) is 0 Å². The van der Waals surface area contributed by atoms with E-state index in [0.717, 1.165) is 18.8 Å². The third-order valence-corrected chi connectivity index (χ3v) is 4.84. The van der Waals surface area contributed by atoms with Crippen molar-refractivity contribution in [3.05, 3.63) is 101 Å². The summed E-state index contributed by atoms with van der Waals surface area (Å²) >= 11 is 0. The van der Waals surface area contributed by atoms with Crippen LogP contribution in [-0.4, -0.2) is 29.3 Å². The third kappa shape index (κ3) is 6.22. The molecular formula is C25H29NO2. The number of nitrogens with zero attached hydrogens (tertiary/aromatic N) is 1. The molecule has 0 bridgehead atoms. The van der Waals surface area contributed by atoms with Crippen molar-refractivity contribution in [2.24, 2.45) is 0 Å². The van der Waals surface area contributed by atoms with Crippen LogP contribution in [0.3, 0.4) is 0 Å². The van der Waals surface area contributed by atoms with E-state index in [1.807, 2.05) is 37.3 Å². The quantitative estimate of drug-likeness (QED) is 0.586. The van der Waals surface area contributed by atoms with Gasteiger partial charge in [0.15, 0.2) is 0 Å². The molecule has 3 heteroatoms. The largest absolute Gasteiger partial charge is 0.491 e. The Morgan fingerprint density at radius 3 is 2.21 bits per heavy atom. The Kier molecular flexibility index (Phi) is 7.24. The highest BCUT2D eigenvalue weighted by Crippen LogP contribution is 2.15. The van der Waals surface area contributed by atoms with Gasteiger partial charge in [-0.05, 0) is 42.7 Å². The van der Waals surface area contributed by atoms with Gasteiger partial charge in [0.1, 0.15) is 18.5 Å². The second-order valence-electron chi connectivity index (χ2n) is 7.36. The van der Waals surface area contributed by atoms with E-state index >= 15 is 0 Å². The summed E-state index contributed by atoms with van der Waals surface area (Å²) in [7, 11) is 0. The minimum Gasteiger partial charge on any atom is -0.491 e. The molecule has 3 aromatic carbocycles. The maximum absolute atomic E-state index is 10.6. The Labute approximate surface area is 168 Å². The predicted molar refractivity (Wildman–Crippen MR) is 114 cm³/mol. The Morgan fingerprint density at radius 1 is 0.821 bits per heavy atom. The normalized spacial score (nSPS) is 12.1. The van der Waals surface area contributed by atoms with Gasteiger partial charge in [0.2, 0.25) is 0 Å². The first kappa shape index (κ1) is 20.1. The van der Waals surface area contributed by atoms with Crippen molar-refractivity contribution < 1.29 is 9.84 Å². The molecule has 1 atom stereocenters. The Morgan fingerprint density at radius 2 is 1.50 bits per heavy atom. The van der Waals surface area contributed by atoms with Crippen molar-refractivity contribution >= 4 is 0 Å². The number of rotatable bonds is 9. The molecule has 0 heterocycles. The molecule has 3 aromatic rings. The van der Waals surface area contributed by atoms with Crippen LogP contribution in [0, 0.1) is 13.8 Å². The van der Waals surface area contributed by atoms with Gasteiger partial charge in [-0.2, -0.15) is 0 Å². The smallest absolute Gasteiger partial charge is 0.119 e. The standard InChI is InChI=1S/C25H29NO2/c1-20-12-14-25(15-13-20)28-19-24(27)18-26(16-22-9-4-3-5-10-22)17-23-11-7-6-8-21(23)2/h3-15,24,27H,16-19H2,1-2H3. The molecular weight excluding hydrogens is 346 g/mol. The first-order valence-corrected chi connectivity index (χ1v) is 9.78. The summed E-state index contributed by atoms with van der Waals surface area (Å²) in [6.07, 6.45) is -0.561. The second-order valence-corrected chi connectivity index (χ2v) is 7.36. The van der Waals surface area contributed by atoms with Gasteiger partial charge in [0.05, 0.1) is 0 Å². The van der Waals surface area contributed by atoms with Crippen LogP contribution in [0.2, 0.25) is 0 Å². The molecule has 1 unspecified atom stereocenters. The van der Waals surface area contributed by atoms with E-state index in [9.17, 15) is 5.11 Å². The maximum Gasteiger partial charge on any atom is 0.119 e. The lowest BCUT2D eigenvalue weighted by Gasteiger charge is -2.26. The number of ether oxygens (including phenoxy) is 1. The van der Waals surface area contributed by atoms with Crippen molar-refractivity contribution in [3.63, 3.8) is 0 Å². The number of aryl methyl sites for hydroxylation is 2. The molecule has 0 fully saturated rings. The predicted octanol–water partition coefficient (Wildman–Crippen LogP) is 4.75. The molecule has 0 amide bonds. The van der Waals surface area contributed by atoms with Crippen molar-refractivity contribution in [1.82, 2.24) is 4.90 Å². The van der Waals surface area contributed by atoms with Gasteiger partial charge < -0.3 is 9.84 Å². The van der Waals surface area contributed by atoms with E-state index in [-0.39, 0.29) is 6.61 Å². The molecule has 0 saturated carbocycles. The van der Waals surface area contributed by atoms with Crippen LogP contribution in [0.25, 0.3) is 0 Å². The highest BCUT2D eigenvalue weighted by molar-refractivity contribution is 5.27. The highest BCUT2D eigenvalue weighted by atomic mass is 16.5. The van der Waals surface area contributed by atoms with Crippen LogP contribution < -0.4 is 4.74 Å². The lowest BCUT2D eigenvalue weighted by Crippen LogP contribution is -2.35. The van der Waals surface area contributed by atoms with Gasteiger partial charge in [-0.15, -0.1) is 0 Å². The molecule has 0 radical (unpaired) electrons.